The van der Waals surface area contributed by atoms with Crippen molar-refractivity contribution in [3.63, 3.8) is 0 Å². The number of carbonyl (C=O) groups is 2. The lowest BCUT2D eigenvalue weighted by atomic mass is 10.1. The number of alkyl halides is 2. The molecule has 0 aliphatic rings. The van der Waals surface area contributed by atoms with Crippen molar-refractivity contribution in [3.05, 3.63) is 64.0 Å². The van der Waals surface area contributed by atoms with Gasteiger partial charge in [0.15, 0.2) is 11.5 Å². The number of amides is 1. The second-order valence-electron chi connectivity index (χ2n) is 6.47. The van der Waals surface area contributed by atoms with Crippen LogP contribution >= 0.6 is 0 Å². The summed E-state index contributed by atoms with van der Waals surface area (Å²) in [5.74, 6) is -1.08. The molecule has 3 rings (SSSR count). The number of nitrogens with one attached hydrogen (secondary N) is 1. The van der Waals surface area contributed by atoms with Gasteiger partial charge in [0.25, 0.3) is 0 Å². The summed E-state index contributed by atoms with van der Waals surface area (Å²) in [5, 5.41) is 2.98. The molecule has 0 aliphatic carbocycles. The van der Waals surface area contributed by atoms with Crippen LogP contribution in [0.3, 0.4) is 0 Å². The smallest absolute Gasteiger partial charge is 0.411 e. The summed E-state index contributed by atoms with van der Waals surface area (Å²) >= 11 is 0. The lowest BCUT2D eigenvalue weighted by Crippen LogP contribution is -2.13. The van der Waals surface area contributed by atoms with Crippen molar-refractivity contribution in [2.24, 2.45) is 0 Å². The Kier molecular flexibility index (Phi) is 7.44. The largest absolute Gasteiger partial charge is 0.493 e. The standard InChI is InChI=1S/C22H19F2NO8/c1-3-30-22(28)25-14-5-6-15-13(9-19(26)32-17(15)10-14)11-31-20(27)12-4-7-16(33-21(23)24)18(8-12)29-2/h4-10,21H,3,11H2,1-2H3,(H,25,28). The number of anilines is 1. The molecule has 1 amide bonds. The third-order valence-electron chi connectivity index (χ3n) is 4.33. The van der Waals surface area contributed by atoms with Crippen LogP contribution in [0.25, 0.3) is 11.0 Å². The average molecular weight is 463 g/mol. The molecule has 1 N–H and O–H groups in total. The Labute approximate surface area is 185 Å². The summed E-state index contributed by atoms with van der Waals surface area (Å²) in [5.41, 5.74) is 0.218. The number of ether oxygens (including phenoxy) is 4. The summed E-state index contributed by atoms with van der Waals surface area (Å²) < 4.78 is 49.4. The number of hydrogen-bond donors (Lipinski definition) is 1. The average Bonchev–Trinajstić information content (AvgIpc) is 2.76. The highest BCUT2D eigenvalue weighted by atomic mass is 19.3. The van der Waals surface area contributed by atoms with Crippen molar-refractivity contribution in [1.29, 1.82) is 0 Å². The van der Waals surface area contributed by atoms with Gasteiger partial charge in [0, 0.05) is 28.8 Å². The minimum absolute atomic E-state index is 0.0293. The van der Waals surface area contributed by atoms with Crippen LogP contribution in [0.1, 0.15) is 22.8 Å². The topological polar surface area (TPSA) is 113 Å². The fraction of sp³-hybridized carbons (Fsp3) is 0.227. The first-order chi connectivity index (χ1) is 15.8. The number of hydrogen-bond acceptors (Lipinski definition) is 8. The summed E-state index contributed by atoms with van der Waals surface area (Å²) in [6, 6.07) is 9.36. The molecule has 33 heavy (non-hydrogen) atoms. The molecule has 1 aromatic heterocycles. The van der Waals surface area contributed by atoms with Crippen LogP contribution in [0.5, 0.6) is 11.5 Å². The molecule has 9 nitrogen and oxygen atoms in total. The fourth-order valence-electron chi connectivity index (χ4n) is 2.93. The Hall–Kier alpha value is -4.15. The molecule has 1 heterocycles. The van der Waals surface area contributed by atoms with E-state index in [9.17, 15) is 23.2 Å². The van der Waals surface area contributed by atoms with Gasteiger partial charge in [-0.25, -0.2) is 14.4 Å². The number of fused-ring (bicyclic) bond motifs is 1. The molecule has 0 fully saturated rings. The number of methoxy groups -OCH3 is 1. The lowest BCUT2D eigenvalue weighted by molar-refractivity contribution is -0.0512. The molecule has 11 heteroatoms. The number of benzene rings is 2. The molecule has 0 saturated heterocycles. The molecule has 3 aromatic rings. The first-order valence-electron chi connectivity index (χ1n) is 9.61. The van der Waals surface area contributed by atoms with Crippen LogP contribution in [0.4, 0.5) is 19.3 Å². The first-order valence-corrected chi connectivity index (χ1v) is 9.61. The number of carbonyl (C=O) groups excluding carboxylic acids is 2. The Bertz CT molecular complexity index is 1220. The van der Waals surface area contributed by atoms with Gasteiger partial charge in [-0.3, -0.25) is 5.32 Å². The van der Waals surface area contributed by atoms with Gasteiger partial charge in [0.2, 0.25) is 0 Å². The maximum atomic E-state index is 12.5. The molecular formula is C22H19F2NO8. The number of halogens is 2. The summed E-state index contributed by atoms with van der Waals surface area (Å²) in [4.78, 5) is 36.0. The maximum Gasteiger partial charge on any atom is 0.411 e. The minimum Gasteiger partial charge on any atom is -0.493 e. The van der Waals surface area contributed by atoms with Crippen LogP contribution in [0, 0.1) is 0 Å². The Morgan fingerprint density at radius 1 is 1.06 bits per heavy atom. The zero-order chi connectivity index (χ0) is 24.0. The van der Waals surface area contributed by atoms with Gasteiger partial charge >= 0.3 is 24.3 Å². The normalized spacial score (nSPS) is 10.7. The zero-order valence-corrected chi connectivity index (χ0v) is 17.6. The van der Waals surface area contributed by atoms with E-state index in [1.54, 1.807) is 19.1 Å². The Morgan fingerprint density at radius 2 is 1.85 bits per heavy atom. The molecule has 0 radical (unpaired) electrons. The lowest BCUT2D eigenvalue weighted by Gasteiger charge is -2.12. The fourth-order valence-corrected chi connectivity index (χ4v) is 2.93. The molecule has 0 saturated carbocycles. The van der Waals surface area contributed by atoms with E-state index in [1.165, 1.54) is 31.4 Å². The zero-order valence-electron chi connectivity index (χ0n) is 17.6. The molecule has 2 aromatic carbocycles. The number of esters is 1. The van der Waals surface area contributed by atoms with Gasteiger partial charge in [-0.1, -0.05) is 0 Å². The van der Waals surface area contributed by atoms with E-state index in [1.807, 2.05) is 0 Å². The van der Waals surface area contributed by atoms with Gasteiger partial charge in [0.1, 0.15) is 12.2 Å². The highest BCUT2D eigenvalue weighted by Gasteiger charge is 2.16. The monoisotopic (exact) mass is 463 g/mol. The molecule has 0 aliphatic heterocycles. The quantitative estimate of drug-likeness (QED) is 0.388. The van der Waals surface area contributed by atoms with Crippen LogP contribution in [0.15, 0.2) is 51.7 Å². The Balaban J connectivity index is 1.78. The first kappa shape index (κ1) is 23.5. The number of rotatable bonds is 8. The highest BCUT2D eigenvalue weighted by Crippen LogP contribution is 2.30. The van der Waals surface area contributed by atoms with E-state index in [0.29, 0.717) is 16.6 Å². The van der Waals surface area contributed by atoms with Gasteiger partial charge in [-0.15, -0.1) is 0 Å². The summed E-state index contributed by atoms with van der Waals surface area (Å²) in [7, 11) is 1.24. The summed E-state index contributed by atoms with van der Waals surface area (Å²) in [6.07, 6.45) is -0.662. The molecular weight excluding hydrogens is 444 g/mol. The van der Waals surface area contributed by atoms with Crippen LogP contribution in [0.2, 0.25) is 0 Å². The highest BCUT2D eigenvalue weighted by molar-refractivity contribution is 5.91. The van der Waals surface area contributed by atoms with E-state index in [-0.39, 0.29) is 35.9 Å². The van der Waals surface area contributed by atoms with Crippen molar-refractivity contribution >= 4 is 28.7 Å². The summed E-state index contributed by atoms with van der Waals surface area (Å²) in [6.45, 7) is -1.47. The van der Waals surface area contributed by atoms with Gasteiger partial charge in [-0.05, 0) is 37.3 Å². The van der Waals surface area contributed by atoms with Gasteiger partial charge < -0.3 is 23.4 Å². The van der Waals surface area contributed by atoms with E-state index in [2.05, 4.69) is 10.1 Å². The third-order valence-corrected chi connectivity index (χ3v) is 4.33. The van der Waals surface area contributed by atoms with E-state index < -0.39 is 24.3 Å². The predicted octanol–water partition coefficient (Wildman–Crippen LogP) is 4.33. The van der Waals surface area contributed by atoms with Crippen LogP contribution in [-0.4, -0.2) is 32.4 Å². The second kappa shape index (κ2) is 10.4. The van der Waals surface area contributed by atoms with Crippen molar-refractivity contribution in [2.45, 2.75) is 20.1 Å². The molecule has 0 unspecified atom stereocenters. The third kappa shape index (κ3) is 5.97. The molecule has 0 bridgehead atoms. The molecule has 0 atom stereocenters. The van der Waals surface area contributed by atoms with Crippen LogP contribution < -0.4 is 20.4 Å². The molecule has 174 valence electrons. The van der Waals surface area contributed by atoms with Crippen molar-refractivity contribution in [2.75, 3.05) is 19.0 Å². The SMILES string of the molecule is CCOC(=O)Nc1ccc2c(COC(=O)c3ccc(OC(F)F)c(OC)c3)cc(=O)oc2c1. The van der Waals surface area contributed by atoms with Crippen molar-refractivity contribution in [3.8, 4) is 11.5 Å². The second-order valence-corrected chi connectivity index (χ2v) is 6.47. The van der Waals surface area contributed by atoms with E-state index in [0.717, 1.165) is 6.07 Å². The Morgan fingerprint density at radius 3 is 2.55 bits per heavy atom. The van der Waals surface area contributed by atoms with Crippen LogP contribution in [-0.2, 0) is 16.1 Å². The maximum absolute atomic E-state index is 12.5. The van der Waals surface area contributed by atoms with Crippen molar-refractivity contribution < 1.29 is 41.7 Å². The van der Waals surface area contributed by atoms with Crippen molar-refractivity contribution in [1.82, 2.24) is 0 Å². The van der Waals surface area contributed by atoms with Gasteiger partial charge in [-0.2, -0.15) is 8.78 Å². The van der Waals surface area contributed by atoms with E-state index >= 15 is 0 Å². The van der Waals surface area contributed by atoms with Gasteiger partial charge in [0.05, 0.1) is 19.3 Å². The predicted molar refractivity (Wildman–Crippen MR) is 112 cm³/mol. The van der Waals surface area contributed by atoms with E-state index in [4.69, 9.17) is 18.6 Å². The molecule has 0 spiro atoms. The minimum atomic E-state index is -3.05.